The summed E-state index contributed by atoms with van der Waals surface area (Å²) in [7, 11) is 0. The summed E-state index contributed by atoms with van der Waals surface area (Å²) in [4.78, 5) is 26.5. The molecule has 1 aromatic heterocycles. The van der Waals surface area contributed by atoms with Crippen molar-refractivity contribution in [2.75, 3.05) is 26.3 Å². The van der Waals surface area contributed by atoms with Crippen LogP contribution in [0.5, 0.6) is 0 Å². The van der Waals surface area contributed by atoms with Crippen molar-refractivity contribution in [1.82, 2.24) is 9.47 Å². The number of aromatic nitrogens is 1. The second-order valence-electron chi connectivity index (χ2n) is 7.41. The number of amides is 1. The number of hydrogen-bond acceptors (Lipinski definition) is 5. The number of rotatable bonds is 8. The molecule has 1 saturated heterocycles. The highest BCUT2D eigenvalue weighted by Gasteiger charge is 2.24. The lowest BCUT2D eigenvalue weighted by Crippen LogP contribution is -2.43. The molecule has 1 aliphatic heterocycles. The van der Waals surface area contributed by atoms with E-state index in [4.69, 9.17) is 13.9 Å². The molecule has 158 valence electrons. The molecule has 0 radical (unpaired) electrons. The smallest absolute Gasteiger partial charge is 0.408 e. The molecule has 7 nitrogen and oxygen atoms in total. The standard InChI is InChI=1S/C23H26N2O5/c26-22(16-25-20-8-4-5-9-21(20)30-23(25)27)24-12-10-19(11-13-24)29-15-14-28-17-18-6-2-1-3-7-18/h1-9,19H,10-17H2. The van der Waals surface area contributed by atoms with Gasteiger partial charge in [0.15, 0.2) is 5.58 Å². The van der Waals surface area contributed by atoms with E-state index in [1.165, 1.54) is 4.57 Å². The number of benzene rings is 2. The average Bonchev–Trinajstić information content (AvgIpc) is 3.09. The van der Waals surface area contributed by atoms with Crippen LogP contribution < -0.4 is 5.76 Å². The van der Waals surface area contributed by atoms with E-state index in [2.05, 4.69) is 0 Å². The molecule has 3 aromatic rings. The van der Waals surface area contributed by atoms with Gasteiger partial charge < -0.3 is 18.8 Å². The Morgan fingerprint density at radius 2 is 1.73 bits per heavy atom. The average molecular weight is 410 g/mol. The predicted molar refractivity (Wildman–Crippen MR) is 112 cm³/mol. The largest absolute Gasteiger partial charge is 0.420 e. The first kappa shape index (κ1) is 20.4. The van der Waals surface area contributed by atoms with E-state index in [1.54, 1.807) is 23.1 Å². The minimum absolute atomic E-state index is 0.00526. The molecule has 0 bridgehead atoms. The van der Waals surface area contributed by atoms with Crippen LogP contribution >= 0.6 is 0 Å². The van der Waals surface area contributed by atoms with Gasteiger partial charge in [0, 0.05) is 13.1 Å². The van der Waals surface area contributed by atoms with Crippen LogP contribution in [0.3, 0.4) is 0 Å². The summed E-state index contributed by atoms with van der Waals surface area (Å²) in [5.41, 5.74) is 2.29. The van der Waals surface area contributed by atoms with Crippen LogP contribution in [0.2, 0.25) is 0 Å². The second kappa shape index (κ2) is 9.73. The highest BCUT2D eigenvalue weighted by molar-refractivity contribution is 5.79. The number of carbonyl (C=O) groups excluding carboxylic acids is 1. The molecule has 0 unspecified atom stereocenters. The molecule has 4 rings (SSSR count). The van der Waals surface area contributed by atoms with E-state index < -0.39 is 5.76 Å². The van der Waals surface area contributed by atoms with Gasteiger partial charge in [-0.15, -0.1) is 0 Å². The van der Waals surface area contributed by atoms with Crippen LogP contribution in [0.1, 0.15) is 18.4 Å². The third-order valence-electron chi connectivity index (χ3n) is 5.35. The van der Waals surface area contributed by atoms with Gasteiger partial charge in [-0.25, -0.2) is 4.79 Å². The van der Waals surface area contributed by atoms with Crippen molar-refractivity contribution in [2.45, 2.75) is 32.1 Å². The number of ether oxygens (including phenoxy) is 2. The fourth-order valence-corrected chi connectivity index (χ4v) is 3.71. The summed E-state index contributed by atoms with van der Waals surface area (Å²) in [6, 6.07) is 17.2. The van der Waals surface area contributed by atoms with E-state index >= 15 is 0 Å². The third kappa shape index (κ3) is 4.98. The number of oxazole rings is 1. The molecular formula is C23H26N2O5. The topological polar surface area (TPSA) is 73.9 Å². The number of nitrogens with zero attached hydrogens (tertiary/aromatic N) is 2. The number of fused-ring (bicyclic) bond motifs is 1. The van der Waals surface area contributed by atoms with Gasteiger partial charge in [0.2, 0.25) is 5.91 Å². The van der Waals surface area contributed by atoms with Gasteiger partial charge in [0.1, 0.15) is 6.54 Å². The molecular weight excluding hydrogens is 384 g/mol. The Balaban J connectivity index is 1.18. The molecule has 1 fully saturated rings. The Bertz CT molecular complexity index is 1020. The van der Waals surface area contributed by atoms with Crippen LogP contribution in [0, 0.1) is 0 Å². The van der Waals surface area contributed by atoms with Crippen LogP contribution in [0.25, 0.3) is 11.1 Å². The Hall–Kier alpha value is -2.90. The van der Waals surface area contributed by atoms with E-state index in [0.717, 1.165) is 18.4 Å². The number of hydrogen-bond donors (Lipinski definition) is 0. The van der Waals surface area contributed by atoms with Gasteiger partial charge in [0.05, 0.1) is 31.4 Å². The van der Waals surface area contributed by atoms with E-state index in [-0.39, 0.29) is 18.6 Å². The van der Waals surface area contributed by atoms with Crippen LogP contribution in [-0.4, -0.2) is 47.8 Å². The minimum Gasteiger partial charge on any atom is -0.408 e. The summed E-state index contributed by atoms with van der Waals surface area (Å²) >= 11 is 0. The highest BCUT2D eigenvalue weighted by atomic mass is 16.5. The molecule has 7 heteroatoms. The zero-order chi connectivity index (χ0) is 20.8. The predicted octanol–water partition coefficient (Wildman–Crippen LogP) is 2.82. The SMILES string of the molecule is O=C(Cn1c(=O)oc2ccccc21)N1CCC(OCCOCc2ccccc2)CC1. The van der Waals surface area contributed by atoms with E-state index in [9.17, 15) is 9.59 Å². The van der Waals surface area contributed by atoms with Crippen molar-refractivity contribution >= 4 is 17.0 Å². The van der Waals surface area contributed by atoms with Gasteiger partial charge in [-0.2, -0.15) is 0 Å². The van der Waals surface area contributed by atoms with Gasteiger partial charge >= 0.3 is 5.76 Å². The lowest BCUT2D eigenvalue weighted by molar-refractivity contribution is -0.134. The molecule has 2 aromatic carbocycles. The maximum Gasteiger partial charge on any atom is 0.420 e. The van der Waals surface area contributed by atoms with Crippen LogP contribution in [-0.2, 0) is 27.4 Å². The minimum atomic E-state index is -0.502. The zero-order valence-electron chi connectivity index (χ0n) is 16.9. The Morgan fingerprint density at radius 1 is 1.00 bits per heavy atom. The maximum absolute atomic E-state index is 12.7. The molecule has 2 heterocycles. The fourth-order valence-electron chi connectivity index (χ4n) is 3.71. The first-order valence-electron chi connectivity index (χ1n) is 10.3. The van der Waals surface area contributed by atoms with Gasteiger partial charge in [-0.3, -0.25) is 9.36 Å². The molecule has 1 aliphatic rings. The van der Waals surface area contributed by atoms with Gasteiger partial charge in [-0.05, 0) is 30.5 Å². The van der Waals surface area contributed by atoms with Crippen molar-refractivity contribution in [3.63, 3.8) is 0 Å². The van der Waals surface area contributed by atoms with E-state index in [0.29, 0.717) is 44.0 Å². The normalized spacial score (nSPS) is 15.0. The first-order valence-corrected chi connectivity index (χ1v) is 10.3. The van der Waals surface area contributed by atoms with Crippen molar-refractivity contribution in [1.29, 1.82) is 0 Å². The molecule has 30 heavy (non-hydrogen) atoms. The molecule has 0 atom stereocenters. The summed E-state index contributed by atoms with van der Waals surface area (Å²) < 4.78 is 18.1. The Morgan fingerprint density at radius 3 is 2.53 bits per heavy atom. The summed E-state index contributed by atoms with van der Waals surface area (Å²) in [6.07, 6.45) is 1.70. The van der Waals surface area contributed by atoms with Crippen LogP contribution in [0.4, 0.5) is 0 Å². The van der Waals surface area contributed by atoms with Crippen molar-refractivity contribution in [2.24, 2.45) is 0 Å². The zero-order valence-corrected chi connectivity index (χ0v) is 16.9. The number of carbonyl (C=O) groups is 1. The fraction of sp³-hybridized carbons (Fsp3) is 0.391. The molecule has 0 N–H and O–H groups in total. The molecule has 0 aliphatic carbocycles. The van der Waals surface area contributed by atoms with Crippen molar-refractivity contribution < 1.29 is 18.7 Å². The molecule has 0 spiro atoms. The van der Waals surface area contributed by atoms with Gasteiger partial charge in [-0.1, -0.05) is 42.5 Å². The second-order valence-corrected chi connectivity index (χ2v) is 7.41. The quantitative estimate of drug-likeness (QED) is 0.534. The van der Waals surface area contributed by atoms with E-state index in [1.807, 2.05) is 36.4 Å². The summed E-state index contributed by atoms with van der Waals surface area (Å²) in [5.74, 6) is -0.577. The summed E-state index contributed by atoms with van der Waals surface area (Å²) in [6.45, 7) is 2.91. The molecule has 1 amide bonds. The van der Waals surface area contributed by atoms with Crippen LogP contribution in [0.15, 0.2) is 63.8 Å². The summed E-state index contributed by atoms with van der Waals surface area (Å²) in [5, 5.41) is 0. The Kier molecular flexibility index (Phi) is 6.61. The third-order valence-corrected chi connectivity index (χ3v) is 5.35. The lowest BCUT2D eigenvalue weighted by Gasteiger charge is -2.32. The maximum atomic E-state index is 12.7. The monoisotopic (exact) mass is 410 g/mol. The van der Waals surface area contributed by atoms with Gasteiger partial charge in [0.25, 0.3) is 0 Å². The lowest BCUT2D eigenvalue weighted by atomic mass is 10.1. The van der Waals surface area contributed by atoms with Crippen molar-refractivity contribution in [3.8, 4) is 0 Å². The molecule has 0 saturated carbocycles. The number of likely N-dealkylation sites (tertiary alicyclic amines) is 1. The number of para-hydroxylation sites is 2. The van der Waals surface area contributed by atoms with Crippen molar-refractivity contribution in [3.05, 3.63) is 70.7 Å². The number of piperidine rings is 1. The first-order chi connectivity index (χ1) is 14.7. The highest BCUT2D eigenvalue weighted by Crippen LogP contribution is 2.16. The Labute approximate surface area is 174 Å².